The largest absolute Gasteiger partial charge is 0.192 e. The Morgan fingerprint density at radius 2 is 1.81 bits per heavy atom. The van der Waals surface area contributed by atoms with E-state index < -0.39 is 0 Å². The van der Waals surface area contributed by atoms with Gasteiger partial charge in [-0.2, -0.15) is 5.26 Å². The summed E-state index contributed by atoms with van der Waals surface area (Å²) >= 11 is 6.12. The zero-order valence-corrected chi connectivity index (χ0v) is 9.62. The average Bonchev–Trinajstić information content (AvgIpc) is 2.30. The van der Waals surface area contributed by atoms with Gasteiger partial charge in [0.05, 0.1) is 11.6 Å². The lowest BCUT2D eigenvalue weighted by molar-refractivity contribution is 1.42. The van der Waals surface area contributed by atoms with E-state index in [0.29, 0.717) is 10.6 Å². The number of hydrogen-bond acceptors (Lipinski definition) is 1. The van der Waals surface area contributed by atoms with Crippen molar-refractivity contribution in [3.8, 4) is 17.2 Å². The summed E-state index contributed by atoms with van der Waals surface area (Å²) in [6, 6.07) is 15.6. The van der Waals surface area contributed by atoms with Crippen molar-refractivity contribution in [1.29, 1.82) is 5.26 Å². The van der Waals surface area contributed by atoms with Gasteiger partial charge < -0.3 is 0 Å². The predicted molar refractivity (Wildman–Crippen MR) is 66.3 cm³/mol. The molecule has 0 radical (unpaired) electrons. The molecule has 0 atom stereocenters. The van der Waals surface area contributed by atoms with E-state index in [1.807, 2.05) is 49.4 Å². The summed E-state index contributed by atoms with van der Waals surface area (Å²) in [6.07, 6.45) is 0. The molecule has 0 saturated carbocycles. The van der Waals surface area contributed by atoms with E-state index in [1.54, 1.807) is 0 Å². The van der Waals surface area contributed by atoms with Crippen molar-refractivity contribution >= 4 is 11.6 Å². The molecule has 0 saturated heterocycles. The Labute approximate surface area is 99.9 Å². The van der Waals surface area contributed by atoms with Gasteiger partial charge in [0.2, 0.25) is 0 Å². The summed E-state index contributed by atoms with van der Waals surface area (Å²) in [5, 5.41) is 9.77. The number of hydrogen-bond donors (Lipinski definition) is 0. The smallest absolute Gasteiger partial charge is 0.0998 e. The number of benzene rings is 2. The molecule has 2 aromatic carbocycles. The molecule has 0 heterocycles. The van der Waals surface area contributed by atoms with E-state index in [9.17, 15) is 0 Å². The molecule has 0 amide bonds. The molecule has 0 aliphatic rings. The van der Waals surface area contributed by atoms with Crippen molar-refractivity contribution in [1.82, 2.24) is 0 Å². The van der Waals surface area contributed by atoms with Gasteiger partial charge in [0.1, 0.15) is 0 Å². The Balaban J connectivity index is 2.66. The van der Waals surface area contributed by atoms with Crippen molar-refractivity contribution in [3.63, 3.8) is 0 Å². The van der Waals surface area contributed by atoms with E-state index in [4.69, 9.17) is 16.9 Å². The zero-order chi connectivity index (χ0) is 11.5. The number of halogens is 1. The fraction of sp³-hybridized carbons (Fsp3) is 0.0714. The van der Waals surface area contributed by atoms with Crippen molar-refractivity contribution in [2.45, 2.75) is 6.92 Å². The van der Waals surface area contributed by atoms with Crippen LogP contribution in [0.5, 0.6) is 0 Å². The number of aryl methyl sites for hydroxylation is 1. The van der Waals surface area contributed by atoms with Crippen molar-refractivity contribution in [2.24, 2.45) is 0 Å². The second kappa shape index (κ2) is 4.38. The fourth-order valence-corrected chi connectivity index (χ4v) is 1.90. The molecule has 0 aliphatic heterocycles. The highest BCUT2D eigenvalue weighted by molar-refractivity contribution is 6.33. The van der Waals surface area contributed by atoms with Crippen LogP contribution in [0.3, 0.4) is 0 Å². The molecule has 0 N–H and O–H groups in total. The molecule has 0 aliphatic carbocycles. The summed E-state index contributed by atoms with van der Waals surface area (Å²) in [6.45, 7) is 1.97. The second-order valence-corrected chi connectivity index (χ2v) is 4.05. The summed E-state index contributed by atoms with van der Waals surface area (Å²) in [7, 11) is 0. The second-order valence-electron chi connectivity index (χ2n) is 3.64. The van der Waals surface area contributed by atoms with E-state index >= 15 is 0 Å². The van der Waals surface area contributed by atoms with Crippen LogP contribution < -0.4 is 0 Å². The van der Waals surface area contributed by atoms with Crippen LogP contribution in [0.15, 0.2) is 42.5 Å². The number of rotatable bonds is 1. The first-order valence-corrected chi connectivity index (χ1v) is 5.36. The minimum absolute atomic E-state index is 0.660. The van der Waals surface area contributed by atoms with Crippen LogP contribution in [-0.4, -0.2) is 0 Å². The van der Waals surface area contributed by atoms with Crippen LogP contribution in [0.2, 0.25) is 5.02 Å². The molecule has 78 valence electrons. The normalized spacial score (nSPS) is 9.81. The van der Waals surface area contributed by atoms with Gasteiger partial charge in [-0.05, 0) is 24.6 Å². The highest BCUT2D eigenvalue weighted by Crippen LogP contribution is 2.30. The van der Waals surface area contributed by atoms with Crippen LogP contribution in [-0.2, 0) is 0 Å². The van der Waals surface area contributed by atoms with E-state index in [0.717, 1.165) is 16.7 Å². The lowest BCUT2D eigenvalue weighted by Crippen LogP contribution is -1.86. The molecule has 2 aromatic rings. The first-order chi connectivity index (χ1) is 7.72. The maximum Gasteiger partial charge on any atom is 0.0998 e. The molecule has 0 bridgehead atoms. The lowest BCUT2D eigenvalue weighted by Gasteiger charge is -2.07. The number of nitrogens with zero attached hydrogens (tertiary/aromatic N) is 1. The highest BCUT2D eigenvalue weighted by atomic mass is 35.5. The van der Waals surface area contributed by atoms with Gasteiger partial charge in [0.25, 0.3) is 0 Å². The molecular formula is C14H10ClN. The third-order valence-electron chi connectivity index (χ3n) is 2.46. The highest BCUT2D eigenvalue weighted by Gasteiger charge is 2.07. The summed E-state index contributed by atoms with van der Waals surface area (Å²) in [5.74, 6) is 0. The molecule has 16 heavy (non-hydrogen) atoms. The molecule has 1 nitrogen and oxygen atoms in total. The Bertz CT molecular complexity index is 567. The fourth-order valence-electron chi connectivity index (χ4n) is 1.67. The van der Waals surface area contributed by atoms with Crippen LogP contribution in [0.4, 0.5) is 0 Å². The maximum atomic E-state index is 9.10. The van der Waals surface area contributed by atoms with Crippen LogP contribution in [0, 0.1) is 18.3 Å². The van der Waals surface area contributed by atoms with Crippen LogP contribution in [0.25, 0.3) is 11.1 Å². The Morgan fingerprint density at radius 1 is 1.06 bits per heavy atom. The third-order valence-corrected chi connectivity index (χ3v) is 2.79. The zero-order valence-electron chi connectivity index (χ0n) is 8.87. The maximum absolute atomic E-state index is 9.10. The lowest BCUT2D eigenvalue weighted by atomic mass is 9.98. The molecule has 2 heteroatoms. The van der Waals surface area contributed by atoms with Gasteiger partial charge in [-0.1, -0.05) is 41.9 Å². The van der Waals surface area contributed by atoms with E-state index in [1.165, 1.54) is 0 Å². The molecule has 0 fully saturated rings. The Hall–Kier alpha value is -1.78. The summed E-state index contributed by atoms with van der Waals surface area (Å²) in [4.78, 5) is 0. The monoisotopic (exact) mass is 227 g/mol. The van der Waals surface area contributed by atoms with E-state index in [-0.39, 0.29) is 0 Å². The first kappa shape index (κ1) is 10.7. The summed E-state index contributed by atoms with van der Waals surface area (Å²) < 4.78 is 0. The standard InChI is InChI=1S/C14H10ClN/c1-10-6-7-12(11(8-10)9-16)13-4-2-3-5-14(13)15/h2-8H,1H3. The van der Waals surface area contributed by atoms with Crippen LogP contribution >= 0.6 is 11.6 Å². The number of nitriles is 1. The average molecular weight is 228 g/mol. The third kappa shape index (κ3) is 1.93. The van der Waals surface area contributed by atoms with Gasteiger partial charge in [0.15, 0.2) is 0 Å². The predicted octanol–water partition coefficient (Wildman–Crippen LogP) is 4.19. The first-order valence-electron chi connectivity index (χ1n) is 4.98. The minimum Gasteiger partial charge on any atom is -0.192 e. The van der Waals surface area contributed by atoms with Crippen molar-refractivity contribution < 1.29 is 0 Å². The van der Waals surface area contributed by atoms with E-state index in [2.05, 4.69) is 6.07 Å². The minimum atomic E-state index is 0.660. The Kier molecular flexibility index (Phi) is 2.94. The molecule has 0 spiro atoms. The summed E-state index contributed by atoms with van der Waals surface area (Å²) in [5.41, 5.74) is 3.53. The van der Waals surface area contributed by atoms with Crippen LogP contribution in [0.1, 0.15) is 11.1 Å². The van der Waals surface area contributed by atoms with Gasteiger partial charge in [-0.3, -0.25) is 0 Å². The molecule has 0 aromatic heterocycles. The van der Waals surface area contributed by atoms with Crippen molar-refractivity contribution in [2.75, 3.05) is 0 Å². The topological polar surface area (TPSA) is 23.8 Å². The molecular weight excluding hydrogens is 218 g/mol. The Morgan fingerprint density at radius 3 is 2.50 bits per heavy atom. The quantitative estimate of drug-likeness (QED) is 0.717. The SMILES string of the molecule is Cc1ccc(-c2ccccc2Cl)c(C#N)c1. The molecule has 0 unspecified atom stereocenters. The van der Waals surface area contributed by atoms with Gasteiger partial charge in [-0.15, -0.1) is 0 Å². The van der Waals surface area contributed by atoms with Gasteiger partial charge in [0, 0.05) is 16.1 Å². The van der Waals surface area contributed by atoms with Gasteiger partial charge in [-0.25, -0.2) is 0 Å². The van der Waals surface area contributed by atoms with Crippen molar-refractivity contribution in [3.05, 3.63) is 58.6 Å². The van der Waals surface area contributed by atoms with Gasteiger partial charge >= 0.3 is 0 Å². The molecule has 2 rings (SSSR count).